The third-order valence-electron chi connectivity index (χ3n) is 7.01. The van der Waals surface area contributed by atoms with E-state index in [2.05, 4.69) is 61.2 Å². The van der Waals surface area contributed by atoms with Crippen LogP contribution in [0.1, 0.15) is 70.3 Å². The number of hydrogen-bond donors (Lipinski definition) is 0. The molecule has 1 saturated carbocycles. The van der Waals surface area contributed by atoms with Crippen molar-refractivity contribution in [3.05, 3.63) is 82.2 Å². The lowest BCUT2D eigenvalue weighted by Gasteiger charge is -2.32. The van der Waals surface area contributed by atoms with Gasteiger partial charge in [-0.2, -0.15) is 5.10 Å². The van der Waals surface area contributed by atoms with Gasteiger partial charge in [0.15, 0.2) is 0 Å². The first-order chi connectivity index (χ1) is 15.1. The Morgan fingerprint density at radius 2 is 1.84 bits per heavy atom. The van der Waals surface area contributed by atoms with E-state index >= 15 is 0 Å². The van der Waals surface area contributed by atoms with E-state index in [0.29, 0.717) is 6.04 Å². The highest BCUT2D eigenvalue weighted by atomic mass is 16.1. The van der Waals surface area contributed by atoms with Crippen LogP contribution in [0.4, 0.5) is 0 Å². The normalized spacial score (nSPS) is 14.8. The SMILES string of the molecule is Cc1c(Cc2ccc(-n3cccn3)cc2)cc(C=O)c(CN(C)C2CCCCC2)c1C. The number of aromatic nitrogens is 2. The number of aldehydes is 1. The summed E-state index contributed by atoms with van der Waals surface area (Å²) >= 11 is 0. The van der Waals surface area contributed by atoms with Gasteiger partial charge in [-0.25, -0.2) is 4.68 Å². The summed E-state index contributed by atoms with van der Waals surface area (Å²) in [5.41, 5.74) is 8.12. The lowest BCUT2D eigenvalue weighted by Crippen LogP contribution is -2.33. The minimum absolute atomic E-state index is 0.640. The zero-order chi connectivity index (χ0) is 21.8. The Bertz CT molecular complexity index is 1020. The minimum Gasteiger partial charge on any atom is -0.299 e. The Morgan fingerprint density at radius 3 is 2.48 bits per heavy atom. The van der Waals surface area contributed by atoms with Gasteiger partial charge < -0.3 is 0 Å². The second kappa shape index (κ2) is 9.61. The summed E-state index contributed by atoms with van der Waals surface area (Å²) in [5.74, 6) is 0. The van der Waals surface area contributed by atoms with Crippen LogP contribution in [0.2, 0.25) is 0 Å². The molecule has 1 aliphatic rings. The van der Waals surface area contributed by atoms with Crippen molar-refractivity contribution in [1.29, 1.82) is 0 Å². The topological polar surface area (TPSA) is 38.1 Å². The zero-order valence-electron chi connectivity index (χ0n) is 19.0. The molecule has 31 heavy (non-hydrogen) atoms. The fourth-order valence-electron chi connectivity index (χ4n) is 4.87. The van der Waals surface area contributed by atoms with Crippen molar-refractivity contribution in [2.24, 2.45) is 0 Å². The average Bonchev–Trinajstić information content (AvgIpc) is 3.34. The van der Waals surface area contributed by atoms with Gasteiger partial charge in [0, 0.05) is 30.5 Å². The van der Waals surface area contributed by atoms with Crippen LogP contribution in [0.5, 0.6) is 0 Å². The second-order valence-electron chi connectivity index (χ2n) is 8.97. The first-order valence-electron chi connectivity index (χ1n) is 11.4. The predicted molar refractivity (Wildman–Crippen MR) is 126 cm³/mol. The highest BCUT2D eigenvalue weighted by Gasteiger charge is 2.21. The Balaban J connectivity index is 1.55. The maximum absolute atomic E-state index is 12.0. The Morgan fingerprint density at radius 1 is 1.10 bits per heavy atom. The van der Waals surface area contributed by atoms with Crippen LogP contribution in [0.25, 0.3) is 5.69 Å². The zero-order valence-corrected chi connectivity index (χ0v) is 19.0. The first-order valence-corrected chi connectivity index (χ1v) is 11.4. The quantitative estimate of drug-likeness (QED) is 0.468. The predicted octanol–water partition coefficient (Wildman–Crippen LogP) is 5.66. The summed E-state index contributed by atoms with van der Waals surface area (Å²) in [5, 5.41) is 4.29. The van der Waals surface area contributed by atoms with Crippen LogP contribution in [-0.4, -0.2) is 34.1 Å². The van der Waals surface area contributed by atoms with Gasteiger partial charge >= 0.3 is 0 Å². The lowest BCUT2D eigenvalue weighted by atomic mass is 9.89. The monoisotopic (exact) mass is 415 g/mol. The summed E-state index contributed by atoms with van der Waals surface area (Å²) in [6.07, 6.45) is 12.2. The molecule has 1 heterocycles. The minimum atomic E-state index is 0.640. The Hall–Kier alpha value is -2.72. The molecule has 1 fully saturated rings. The summed E-state index contributed by atoms with van der Waals surface area (Å²) < 4.78 is 1.86. The van der Waals surface area contributed by atoms with E-state index in [1.54, 1.807) is 6.20 Å². The van der Waals surface area contributed by atoms with Gasteiger partial charge in [-0.15, -0.1) is 0 Å². The van der Waals surface area contributed by atoms with Gasteiger partial charge in [0.1, 0.15) is 6.29 Å². The Kier molecular flexibility index (Phi) is 6.67. The maximum atomic E-state index is 12.0. The van der Waals surface area contributed by atoms with Crippen molar-refractivity contribution in [2.75, 3.05) is 7.05 Å². The summed E-state index contributed by atoms with van der Waals surface area (Å²) in [4.78, 5) is 14.5. The summed E-state index contributed by atoms with van der Waals surface area (Å²) in [7, 11) is 2.22. The molecule has 0 N–H and O–H groups in total. The molecule has 1 aromatic heterocycles. The molecule has 162 valence electrons. The fourth-order valence-corrected chi connectivity index (χ4v) is 4.87. The molecular weight excluding hydrogens is 382 g/mol. The van der Waals surface area contributed by atoms with E-state index < -0.39 is 0 Å². The molecule has 0 aliphatic heterocycles. The molecule has 0 bridgehead atoms. The number of hydrogen-bond acceptors (Lipinski definition) is 3. The molecule has 4 heteroatoms. The van der Waals surface area contributed by atoms with Crippen LogP contribution in [-0.2, 0) is 13.0 Å². The molecule has 4 rings (SSSR count). The van der Waals surface area contributed by atoms with E-state index in [4.69, 9.17) is 0 Å². The molecule has 2 aromatic carbocycles. The number of nitrogens with zero attached hydrogens (tertiary/aromatic N) is 3. The largest absolute Gasteiger partial charge is 0.299 e. The third kappa shape index (κ3) is 4.80. The van der Waals surface area contributed by atoms with Crippen LogP contribution >= 0.6 is 0 Å². The smallest absolute Gasteiger partial charge is 0.150 e. The molecule has 1 aliphatic carbocycles. The molecular formula is C27H33N3O. The van der Waals surface area contributed by atoms with E-state index in [-0.39, 0.29) is 0 Å². The third-order valence-corrected chi connectivity index (χ3v) is 7.01. The van der Waals surface area contributed by atoms with Gasteiger partial charge in [0.05, 0.1) is 5.69 Å². The molecule has 0 amide bonds. The van der Waals surface area contributed by atoms with Gasteiger partial charge in [-0.05, 0) is 92.2 Å². The second-order valence-corrected chi connectivity index (χ2v) is 8.97. The van der Waals surface area contributed by atoms with Crippen molar-refractivity contribution in [3.8, 4) is 5.69 Å². The highest BCUT2D eigenvalue weighted by molar-refractivity contribution is 5.79. The van der Waals surface area contributed by atoms with Crippen molar-refractivity contribution < 1.29 is 4.79 Å². The van der Waals surface area contributed by atoms with E-state index in [0.717, 1.165) is 30.5 Å². The van der Waals surface area contributed by atoms with Gasteiger partial charge in [-0.1, -0.05) is 31.4 Å². The van der Waals surface area contributed by atoms with Crippen molar-refractivity contribution >= 4 is 6.29 Å². The van der Waals surface area contributed by atoms with E-state index in [1.165, 1.54) is 59.9 Å². The van der Waals surface area contributed by atoms with E-state index in [1.807, 2.05) is 16.9 Å². The molecule has 0 unspecified atom stereocenters. The maximum Gasteiger partial charge on any atom is 0.150 e. The first kappa shape index (κ1) is 21.5. The molecule has 0 spiro atoms. The number of benzene rings is 2. The molecule has 3 aromatic rings. The fraction of sp³-hybridized carbons (Fsp3) is 0.407. The highest BCUT2D eigenvalue weighted by Crippen LogP contribution is 2.28. The van der Waals surface area contributed by atoms with Crippen LogP contribution in [0.3, 0.4) is 0 Å². The van der Waals surface area contributed by atoms with E-state index in [9.17, 15) is 4.79 Å². The number of rotatable bonds is 7. The average molecular weight is 416 g/mol. The van der Waals surface area contributed by atoms with Crippen molar-refractivity contribution in [2.45, 2.75) is 65.0 Å². The lowest BCUT2D eigenvalue weighted by molar-refractivity contribution is 0.112. The number of carbonyl (C=O) groups is 1. The Labute approximate surface area is 185 Å². The molecule has 0 radical (unpaired) electrons. The van der Waals surface area contributed by atoms with Gasteiger partial charge in [0.25, 0.3) is 0 Å². The summed E-state index contributed by atoms with van der Waals surface area (Å²) in [6.45, 7) is 5.22. The van der Waals surface area contributed by atoms with Crippen molar-refractivity contribution in [3.63, 3.8) is 0 Å². The van der Waals surface area contributed by atoms with Crippen LogP contribution in [0.15, 0.2) is 48.8 Å². The van der Waals surface area contributed by atoms with Crippen LogP contribution in [0, 0.1) is 13.8 Å². The molecule has 4 nitrogen and oxygen atoms in total. The van der Waals surface area contributed by atoms with Gasteiger partial charge in [0.2, 0.25) is 0 Å². The van der Waals surface area contributed by atoms with Gasteiger partial charge in [-0.3, -0.25) is 9.69 Å². The number of carbonyl (C=O) groups excluding carboxylic acids is 1. The van der Waals surface area contributed by atoms with Crippen LogP contribution < -0.4 is 0 Å². The molecule has 0 atom stereocenters. The molecule has 0 saturated heterocycles. The van der Waals surface area contributed by atoms with Crippen molar-refractivity contribution in [1.82, 2.24) is 14.7 Å². The standard InChI is InChI=1S/C27H33N3O/c1-20-21(2)27(18-29(3)25-8-5-4-6-9-25)24(19-31)17-23(20)16-22-10-12-26(13-11-22)30-15-7-14-28-30/h7,10-15,17,19,25H,4-6,8-9,16,18H2,1-3H3. The summed E-state index contributed by atoms with van der Waals surface area (Å²) in [6, 6.07) is 13.2.